The van der Waals surface area contributed by atoms with Gasteiger partial charge in [-0.1, -0.05) is 58.0 Å². The van der Waals surface area contributed by atoms with Gasteiger partial charge in [0, 0.05) is 26.2 Å². The van der Waals surface area contributed by atoms with Crippen LogP contribution in [0.25, 0.3) is 0 Å². The molecule has 31 heavy (non-hydrogen) atoms. The average molecular weight is 433 g/mol. The molecule has 0 saturated carbocycles. The Morgan fingerprint density at radius 3 is 2.03 bits per heavy atom. The first-order valence-corrected chi connectivity index (χ1v) is 11.6. The van der Waals surface area contributed by atoms with E-state index >= 15 is 0 Å². The van der Waals surface area contributed by atoms with E-state index in [1.165, 1.54) is 5.56 Å². The Balaban J connectivity index is 0.000000245. The first kappa shape index (κ1) is 25.3. The van der Waals surface area contributed by atoms with Gasteiger partial charge in [-0.2, -0.15) is 0 Å². The maximum atomic E-state index is 11.4. The summed E-state index contributed by atoms with van der Waals surface area (Å²) in [4.78, 5) is 24.4. The lowest BCUT2D eigenvalue weighted by molar-refractivity contribution is -0.143. The van der Waals surface area contributed by atoms with Gasteiger partial charge in [0.1, 0.15) is 0 Å². The molecule has 0 aromatic heterocycles. The Morgan fingerprint density at radius 1 is 0.903 bits per heavy atom. The van der Waals surface area contributed by atoms with E-state index in [-0.39, 0.29) is 11.8 Å². The average Bonchev–Trinajstić information content (AvgIpc) is 3.29. The van der Waals surface area contributed by atoms with Gasteiger partial charge in [-0.15, -0.1) is 0 Å². The summed E-state index contributed by atoms with van der Waals surface area (Å²) in [7, 11) is 0. The van der Waals surface area contributed by atoms with Gasteiger partial charge in [-0.05, 0) is 48.6 Å². The molecule has 3 rings (SSSR count). The summed E-state index contributed by atoms with van der Waals surface area (Å²) in [6, 6.07) is 10.3. The highest BCUT2D eigenvalue weighted by molar-refractivity contribution is 5.71. The van der Waals surface area contributed by atoms with Crippen LogP contribution in [0.1, 0.15) is 46.1 Å². The predicted octanol–water partition coefficient (Wildman–Crippen LogP) is 3.82. The van der Waals surface area contributed by atoms with E-state index in [1.54, 1.807) is 0 Å². The van der Waals surface area contributed by atoms with Crippen LogP contribution in [0.3, 0.4) is 0 Å². The number of hydrogen-bond donors (Lipinski definition) is 3. The van der Waals surface area contributed by atoms with Crippen molar-refractivity contribution >= 4 is 11.9 Å². The standard InChI is InChI=1S/C16H23NO2.C9H17NO2/c1-12(2)8-14-10-17(11-15(14)16(18)19)9-13-6-4-3-5-7-13;1-6(2)3-7-4-10-5-8(7)9(11)12/h3-7,12,14-15H,8-11H2,1-2H3,(H,18,19);6-8,10H,3-5H2,1-2H3,(H,11,12)/t14-,15-;7-,8-/m11/s1. The van der Waals surface area contributed by atoms with Crippen LogP contribution in [0.15, 0.2) is 30.3 Å². The van der Waals surface area contributed by atoms with Crippen molar-refractivity contribution in [3.63, 3.8) is 0 Å². The highest BCUT2D eigenvalue weighted by Gasteiger charge is 2.37. The lowest BCUT2D eigenvalue weighted by atomic mass is 9.88. The number of nitrogens with one attached hydrogen (secondary N) is 1. The molecule has 2 aliphatic heterocycles. The van der Waals surface area contributed by atoms with E-state index in [9.17, 15) is 14.7 Å². The van der Waals surface area contributed by atoms with Crippen molar-refractivity contribution in [2.24, 2.45) is 35.5 Å². The Kier molecular flexibility index (Phi) is 9.97. The van der Waals surface area contributed by atoms with Crippen LogP contribution in [0.4, 0.5) is 0 Å². The summed E-state index contributed by atoms with van der Waals surface area (Å²) in [5.41, 5.74) is 1.26. The summed E-state index contributed by atoms with van der Waals surface area (Å²) in [5, 5.41) is 21.3. The normalized spacial score (nSPS) is 26.1. The molecule has 0 unspecified atom stereocenters. The summed E-state index contributed by atoms with van der Waals surface area (Å²) in [5.74, 6) is 0.134. The Labute approximate surface area is 187 Å². The fourth-order valence-corrected chi connectivity index (χ4v) is 4.93. The molecule has 0 bridgehead atoms. The number of rotatable bonds is 8. The minimum absolute atomic E-state index is 0.160. The predicted molar refractivity (Wildman–Crippen MR) is 123 cm³/mol. The lowest BCUT2D eigenvalue weighted by Crippen LogP contribution is -2.23. The first-order valence-electron chi connectivity index (χ1n) is 11.6. The lowest BCUT2D eigenvalue weighted by Gasteiger charge is -2.17. The molecule has 0 aliphatic carbocycles. The molecule has 0 spiro atoms. The number of nitrogens with zero attached hydrogens (tertiary/aromatic N) is 1. The minimum atomic E-state index is -0.648. The van der Waals surface area contributed by atoms with Crippen LogP contribution in [-0.4, -0.2) is 53.2 Å². The van der Waals surface area contributed by atoms with E-state index < -0.39 is 11.9 Å². The Morgan fingerprint density at radius 2 is 1.48 bits per heavy atom. The number of likely N-dealkylation sites (tertiary alicyclic amines) is 1. The van der Waals surface area contributed by atoms with E-state index in [2.05, 4.69) is 50.0 Å². The molecule has 0 radical (unpaired) electrons. The largest absolute Gasteiger partial charge is 0.481 e. The van der Waals surface area contributed by atoms with Gasteiger partial charge in [0.2, 0.25) is 0 Å². The highest BCUT2D eigenvalue weighted by Crippen LogP contribution is 2.30. The van der Waals surface area contributed by atoms with E-state index in [0.29, 0.717) is 36.8 Å². The third kappa shape index (κ3) is 8.26. The quantitative estimate of drug-likeness (QED) is 0.579. The van der Waals surface area contributed by atoms with Crippen molar-refractivity contribution in [3.05, 3.63) is 35.9 Å². The number of carboxylic acids is 2. The number of carboxylic acid groups (broad SMARTS) is 2. The van der Waals surface area contributed by atoms with Crippen molar-refractivity contribution in [2.75, 3.05) is 26.2 Å². The van der Waals surface area contributed by atoms with Gasteiger partial charge in [0.15, 0.2) is 0 Å². The molecule has 2 heterocycles. The molecule has 1 aromatic rings. The number of benzene rings is 1. The molecule has 1 aromatic carbocycles. The number of carbonyl (C=O) groups is 2. The zero-order chi connectivity index (χ0) is 23.0. The molecule has 2 fully saturated rings. The summed E-state index contributed by atoms with van der Waals surface area (Å²) in [6.45, 7) is 12.6. The zero-order valence-electron chi connectivity index (χ0n) is 19.5. The summed E-state index contributed by atoms with van der Waals surface area (Å²) < 4.78 is 0. The van der Waals surface area contributed by atoms with Gasteiger partial charge in [0.05, 0.1) is 11.8 Å². The molecule has 6 heteroatoms. The van der Waals surface area contributed by atoms with Gasteiger partial charge in [-0.3, -0.25) is 14.5 Å². The minimum Gasteiger partial charge on any atom is -0.481 e. The molecule has 174 valence electrons. The molecular formula is C25H40N2O4. The third-order valence-corrected chi connectivity index (χ3v) is 6.29. The fourth-order valence-electron chi connectivity index (χ4n) is 4.93. The second kappa shape index (κ2) is 12.2. The van der Waals surface area contributed by atoms with Crippen molar-refractivity contribution in [3.8, 4) is 0 Å². The maximum absolute atomic E-state index is 11.4. The van der Waals surface area contributed by atoms with E-state index in [1.807, 2.05) is 18.2 Å². The molecule has 2 aliphatic rings. The molecular weight excluding hydrogens is 392 g/mol. The Hall–Kier alpha value is -1.92. The van der Waals surface area contributed by atoms with Crippen molar-refractivity contribution in [1.29, 1.82) is 0 Å². The van der Waals surface area contributed by atoms with Gasteiger partial charge in [-0.25, -0.2) is 0 Å². The first-order chi connectivity index (χ1) is 14.7. The number of hydrogen-bond acceptors (Lipinski definition) is 4. The van der Waals surface area contributed by atoms with Crippen LogP contribution < -0.4 is 5.32 Å². The summed E-state index contributed by atoms with van der Waals surface area (Å²) >= 11 is 0. The molecule has 2 saturated heterocycles. The topological polar surface area (TPSA) is 89.9 Å². The highest BCUT2D eigenvalue weighted by atomic mass is 16.4. The zero-order valence-corrected chi connectivity index (χ0v) is 19.5. The van der Waals surface area contributed by atoms with Gasteiger partial charge in [0.25, 0.3) is 0 Å². The third-order valence-electron chi connectivity index (χ3n) is 6.29. The Bertz CT molecular complexity index is 692. The summed E-state index contributed by atoms with van der Waals surface area (Å²) in [6.07, 6.45) is 2.02. The van der Waals surface area contributed by atoms with Crippen LogP contribution in [0.2, 0.25) is 0 Å². The van der Waals surface area contributed by atoms with Crippen molar-refractivity contribution in [1.82, 2.24) is 10.2 Å². The van der Waals surface area contributed by atoms with Crippen LogP contribution in [0.5, 0.6) is 0 Å². The molecule has 4 atom stereocenters. The van der Waals surface area contributed by atoms with Crippen LogP contribution >= 0.6 is 0 Å². The smallest absolute Gasteiger partial charge is 0.308 e. The molecule has 6 nitrogen and oxygen atoms in total. The maximum Gasteiger partial charge on any atom is 0.308 e. The second-order valence-corrected chi connectivity index (χ2v) is 10.0. The fraction of sp³-hybridized carbons (Fsp3) is 0.680. The molecule has 3 N–H and O–H groups in total. The van der Waals surface area contributed by atoms with E-state index in [0.717, 1.165) is 32.5 Å². The van der Waals surface area contributed by atoms with Gasteiger partial charge < -0.3 is 15.5 Å². The van der Waals surface area contributed by atoms with Crippen LogP contribution in [-0.2, 0) is 16.1 Å². The van der Waals surface area contributed by atoms with Gasteiger partial charge >= 0.3 is 11.9 Å². The van der Waals surface area contributed by atoms with Crippen molar-refractivity contribution in [2.45, 2.75) is 47.1 Å². The molecule has 0 amide bonds. The van der Waals surface area contributed by atoms with Crippen LogP contribution in [0, 0.1) is 35.5 Å². The SMILES string of the molecule is CC(C)C[C@@H]1CN(Cc2ccccc2)C[C@H]1C(=O)O.CC(C)C[C@@H]1CNC[C@H]1C(=O)O. The van der Waals surface area contributed by atoms with Crippen molar-refractivity contribution < 1.29 is 19.8 Å². The monoisotopic (exact) mass is 432 g/mol. The second-order valence-electron chi connectivity index (χ2n) is 10.0. The number of aliphatic carboxylic acids is 2. The van der Waals surface area contributed by atoms with E-state index in [4.69, 9.17) is 5.11 Å².